The van der Waals surface area contributed by atoms with Crippen molar-refractivity contribution in [2.45, 2.75) is 31.2 Å². The van der Waals surface area contributed by atoms with E-state index in [2.05, 4.69) is 0 Å². The van der Waals surface area contributed by atoms with Gasteiger partial charge in [0.05, 0.1) is 4.90 Å². The van der Waals surface area contributed by atoms with Crippen molar-refractivity contribution >= 4 is 10.0 Å². The van der Waals surface area contributed by atoms with Gasteiger partial charge in [-0.25, -0.2) is 12.7 Å². The maximum atomic E-state index is 12.4. The summed E-state index contributed by atoms with van der Waals surface area (Å²) in [7, 11) is -0.268. The summed E-state index contributed by atoms with van der Waals surface area (Å²) < 4.78 is 31.2. The number of aryl methyl sites for hydroxylation is 1. The van der Waals surface area contributed by atoms with Gasteiger partial charge in [0.2, 0.25) is 10.0 Å². The van der Waals surface area contributed by atoms with Gasteiger partial charge in [-0.05, 0) is 36.1 Å². The van der Waals surface area contributed by atoms with E-state index >= 15 is 0 Å². The van der Waals surface area contributed by atoms with E-state index < -0.39 is 10.0 Å². The van der Waals surface area contributed by atoms with Crippen molar-refractivity contribution in [3.05, 3.63) is 29.3 Å². The van der Waals surface area contributed by atoms with Gasteiger partial charge in [0.15, 0.2) is 0 Å². The standard InChI is InChI=1S/C14H24N2O3S/c1-4-12-6-7-14(10-13(12)11-15)20(17,18)16(2)8-5-9-19-3/h6-7,10H,4-5,8-9,11,15H2,1-3H3. The highest BCUT2D eigenvalue weighted by Crippen LogP contribution is 2.19. The highest BCUT2D eigenvalue weighted by Gasteiger charge is 2.21. The van der Waals surface area contributed by atoms with E-state index in [0.717, 1.165) is 17.5 Å². The molecule has 114 valence electrons. The summed E-state index contributed by atoms with van der Waals surface area (Å²) >= 11 is 0. The molecule has 1 aromatic carbocycles. The Balaban J connectivity index is 2.97. The van der Waals surface area contributed by atoms with Crippen molar-refractivity contribution in [3.8, 4) is 0 Å². The molecule has 0 spiro atoms. The molecule has 1 rings (SSSR count). The first kappa shape index (κ1) is 17.1. The van der Waals surface area contributed by atoms with Gasteiger partial charge in [0, 0.05) is 33.9 Å². The number of hydrogen-bond acceptors (Lipinski definition) is 4. The third kappa shape index (κ3) is 4.02. The van der Waals surface area contributed by atoms with Crippen molar-refractivity contribution in [1.82, 2.24) is 4.31 Å². The minimum Gasteiger partial charge on any atom is -0.385 e. The molecule has 0 saturated heterocycles. The Morgan fingerprint density at radius 1 is 1.30 bits per heavy atom. The minimum atomic E-state index is -3.45. The molecule has 0 heterocycles. The van der Waals surface area contributed by atoms with Gasteiger partial charge in [-0.2, -0.15) is 0 Å². The lowest BCUT2D eigenvalue weighted by atomic mass is 10.1. The van der Waals surface area contributed by atoms with E-state index in [-0.39, 0.29) is 0 Å². The van der Waals surface area contributed by atoms with Crippen molar-refractivity contribution < 1.29 is 13.2 Å². The van der Waals surface area contributed by atoms with Crippen LogP contribution in [0.3, 0.4) is 0 Å². The van der Waals surface area contributed by atoms with Gasteiger partial charge in [-0.1, -0.05) is 13.0 Å². The molecule has 1 aromatic rings. The van der Waals surface area contributed by atoms with Gasteiger partial charge < -0.3 is 10.5 Å². The molecule has 0 saturated carbocycles. The van der Waals surface area contributed by atoms with Gasteiger partial charge >= 0.3 is 0 Å². The maximum absolute atomic E-state index is 12.4. The Hall–Kier alpha value is -0.950. The predicted octanol–water partition coefficient (Wildman–Crippen LogP) is 1.36. The van der Waals surface area contributed by atoms with Crippen molar-refractivity contribution in [2.75, 3.05) is 27.3 Å². The molecule has 0 unspecified atom stereocenters. The number of ether oxygens (including phenoxy) is 1. The summed E-state index contributed by atoms with van der Waals surface area (Å²) in [5.74, 6) is 0. The maximum Gasteiger partial charge on any atom is 0.242 e. The summed E-state index contributed by atoms with van der Waals surface area (Å²) in [6.07, 6.45) is 1.51. The number of methoxy groups -OCH3 is 1. The highest BCUT2D eigenvalue weighted by atomic mass is 32.2. The quantitative estimate of drug-likeness (QED) is 0.736. The molecule has 0 atom stereocenters. The third-order valence-corrected chi connectivity index (χ3v) is 5.16. The van der Waals surface area contributed by atoms with Crippen LogP contribution in [0.25, 0.3) is 0 Å². The van der Waals surface area contributed by atoms with E-state index in [1.165, 1.54) is 4.31 Å². The molecule has 0 aliphatic rings. The Morgan fingerprint density at radius 2 is 2.00 bits per heavy atom. The number of hydrogen-bond donors (Lipinski definition) is 1. The van der Waals surface area contributed by atoms with Crippen LogP contribution in [-0.2, 0) is 27.7 Å². The van der Waals surface area contributed by atoms with Crippen molar-refractivity contribution in [1.29, 1.82) is 0 Å². The molecule has 0 fully saturated rings. The molecule has 5 nitrogen and oxygen atoms in total. The van der Waals surface area contributed by atoms with Crippen molar-refractivity contribution in [2.24, 2.45) is 5.73 Å². The van der Waals surface area contributed by atoms with Crippen LogP contribution in [0, 0.1) is 0 Å². The second-order valence-electron chi connectivity index (χ2n) is 4.66. The lowest BCUT2D eigenvalue weighted by molar-refractivity contribution is 0.189. The molecule has 0 aliphatic heterocycles. The monoisotopic (exact) mass is 300 g/mol. The van der Waals surface area contributed by atoms with Crippen LogP contribution in [0.2, 0.25) is 0 Å². The lowest BCUT2D eigenvalue weighted by Gasteiger charge is -2.18. The molecule has 0 bridgehead atoms. The number of nitrogens with zero attached hydrogens (tertiary/aromatic N) is 1. The highest BCUT2D eigenvalue weighted by molar-refractivity contribution is 7.89. The number of rotatable bonds is 8. The SMILES string of the molecule is CCc1ccc(S(=O)(=O)N(C)CCCOC)cc1CN. The topological polar surface area (TPSA) is 72.6 Å². The fourth-order valence-electron chi connectivity index (χ4n) is 2.03. The van der Waals surface area contributed by atoms with Crippen LogP contribution < -0.4 is 5.73 Å². The first-order chi connectivity index (χ1) is 9.47. The zero-order valence-corrected chi connectivity index (χ0v) is 13.2. The van der Waals surface area contributed by atoms with Crippen LogP contribution in [0.15, 0.2) is 23.1 Å². The van der Waals surface area contributed by atoms with Gasteiger partial charge in [-0.3, -0.25) is 0 Å². The van der Waals surface area contributed by atoms with Crippen molar-refractivity contribution in [3.63, 3.8) is 0 Å². The summed E-state index contributed by atoms with van der Waals surface area (Å²) in [5, 5.41) is 0. The van der Waals surface area contributed by atoms with Crippen LogP contribution in [0.1, 0.15) is 24.5 Å². The lowest BCUT2D eigenvalue weighted by Crippen LogP contribution is -2.28. The molecular formula is C14H24N2O3S. The largest absolute Gasteiger partial charge is 0.385 e. The van der Waals surface area contributed by atoms with Gasteiger partial charge in [0.1, 0.15) is 0 Å². The molecule has 20 heavy (non-hydrogen) atoms. The van der Waals surface area contributed by atoms with E-state index in [1.54, 1.807) is 26.3 Å². The Morgan fingerprint density at radius 3 is 2.55 bits per heavy atom. The second-order valence-corrected chi connectivity index (χ2v) is 6.71. The normalized spacial score (nSPS) is 12.1. The van der Waals surface area contributed by atoms with E-state index in [4.69, 9.17) is 10.5 Å². The van der Waals surface area contributed by atoms with Gasteiger partial charge in [0.25, 0.3) is 0 Å². The molecule has 0 aliphatic carbocycles. The first-order valence-corrected chi connectivity index (χ1v) is 8.18. The summed E-state index contributed by atoms with van der Waals surface area (Å²) in [6, 6.07) is 5.18. The molecule has 0 aromatic heterocycles. The minimum absolute atomic E-state index is 0.301. The van der Waals surface area contributed by atoms with Crippen LogP contribution in [0.5, 0.6) is 0 Å². The fraction of sp³-hybridized carbons (Fsp3) is 0.571. The Kier molecular flexibility index (Phi) is 6.61. The van der Waals surface area contributed by atoms with Crippen LogP contribution >= 0.6 is 0 Å². The molecule has 2 N–H and O–H groups in total. The Labute approximate surface area is 121 Å². The van der Waals surface area contributed by atoms with E-state index in [0.29, 0.717) is 31.0 Å². The van der Waals surface area contributed by atoms with Crippen LogP contribution in [0.4, 0.5) is 0 Å². The van der Waals surface area contributed by atoms with E-state index in [9.17, 15) is 8.42 Å². The zero-order chi connectivity index (χ0) is 15.2. The first-order valence-electron chi connectivity index (χ1n) is 6.74. The van der Waals surface area contributed by atoms with E-state index in [1.807, 2.05) is 13.0 Å². The summed E-state index contributed by atoms with van der Waals surface area (Å²) in [6.45, 7) is 3.35. The number of nitrogens with two attached hydrogens (primary N) is 1. The molecule has 0 amide bonds. The molecular weight excluding hydrogens is 276 g/mol. The second kappa shape index (κ2) is 7.73. The third-order valence-electron chi connectivity index (χ3n) is 3.31. The number of benzene rings is 1. The molecule has 0 radical (unpaired) electrons. The fourth-order valence-corrected chi connectivity index (χ4v) is 3.29. The smallest absolute Gasteiger partial charge is 0.242 e. The molecule has 6 heteroatoms. The average Bonchev–Trinajstić information content (AvgIpc) is 2.46. The summed E-state index contributed by atoms with van der Waals surface area (Å²) in [5.41, 5.74) is 7.67. The average molecular weight is 300 g/mol. The number of sulfonamides is 1. The van der Waals surface area contributed by atoms with Crippen LogP contribution in [-0.4, -0.2) is 40.0 Å². The Bertz CT molecular complexity index is 529. The summed E-state index contributed by atoms with van der Waals surface area (Å²) in [4.78, 5) is 0.301. The zero-order valence-electron chi connectivity index (χ0n) is 12.4. The predicted molar refractivity (Wildman–Crippen MR) is 80.0 cm³/mol. The van der Waals surface area contributed by atoms with Gasteiger partial charge in [-0.15, -0.1) is 0 Å².